The normalized spacial score (nSPS) is 11.7. The molecule has 1 unspecified atom stereocenters. The van der Waals surface area contributed by atoms with Crippen molar-refractivity contribution in [1.29, 1.82) is 0 Å². The minimum Gasteiger partial charge on any atom is -0.383 e. The number of nitrogens with one attached hydrogen (secondary N) is 2. The fourth-order valence-electron chi connectivity index (χ4n) is 1.89. The number of hydrogen-bond donors (Lipinski definition) is 2. The first-order valence-electron chi connectivity index (χ1n) is 6.88. The Balaban J connectivity index is 2.47. The summed E-state index contributed by atoms with van der Waals surface area (Å²) in [5.41, 5.74) is 2.13. The maximum Gasteiger partial charge on any atom is 0.224 e. The number of benzene rings is 1. The van der Waals surface area contributed by atoms with E-state index in [9.17, 15) is 4.79 Å². The fraction of sp³-hybridized carbons (Fsp3) is 0.438. The summed E-state index contributed by atoms with van der Waals surface area (Å²) in [5.74, 6) is 0.0718. The second kappa shape index (κ2) is 8.35. The Morgan fingerprint density at radius 1 is 1.37 bits per heavy atom. The third kappa shape index (κ3) is 6.09. The number of amides is 1. The van der Waals surface area contributed by atoms with Gasteiger partial charge in [0, 0.05) is 18.3 Å². The number of carbonyl (C=O) groups excluding carboxylic acids is 1. The monoisotopic (exact) mass is 260 g/mol. The third-order valence-corrected chi connectivity index (χ3v) is 2.91. The molecule has 1 rings (SSSR count). The van der Waals surface area contributed by atoms with Crippen LogP contribution in [0.25, 0.3) is 0 Å². The maximum atomic E-state index is 11.5. The molecule has 0 saturated heterocycles. The van der Waals surface area contributed by atoms with Crippen molar-refractivity contribution in [3.05, 3.63) is 42.5 Å². The van der Waals surface area contributed by atoms with Crippen molar-refractivity contribution >= 4 is 11.6 Å². The summed E-state index contributed by atoms with van der Waals surface area (Å²) in [5, 5.41) is 6.23. The number of hydrogen-bond acceptors (Lipinski definition) is 2. The van der Waals surface area contributed by atoms with Crippen molar-refractivity contribution in [2.45, 2.75) is 39.2 Å². The molecule has 3 nitrogen and oxygen atoms in total. The molecule has 0 bridgehead atoms. The zero-order valence-electron chi connectivity index (χ0n) is 11.9. The van der Waals surface area contributed by atoms with Gasteiger partial charge < -0.3 is 10.6 Å². The van der Waals surface area contributed by atoms with Gasteiger partial charge >= 0.3 is 0 Å². The molecule has 0 spiro atoms. The van der Waals surface area contributed by atoms with E-state index in [2.05, 4.69) is 24.1 Å². The van der Waals surface area contributed by atoms with Crippen LogP contribution < -0.4 is 10.6 Å². The summed E-state index contributed by atoms with van der Waals surface area (Å²) < 4.78 is 0. The van der Waals surface area contributed by atoms with Gasteiger partial charge in [-0.15, -0.1) is 6.58 Å². The maximum absolute atomic E-state index is 11.5. The van der Waals surface area contributed by atoms with Crippen LogP contribution in [0.15, 0.2) is 36.9 Å². The summed E-state index contributed by atoms with van der Waals surface area (Å²) in [6.07, 6.45) is 4.47. The highest BCUT2D eigenvalue weighted by Gasteiger charge is 2.03. The first kappa shape index (κ1) is 15.3. The van der Waals surface area contributed by atoms with Crippen LogP contribution in [0.3, 0.4) is 0 Å². The van der Waals surface area contributed by atoms with Crippen molar-refractivity contribution in [3.63, 3.8) is 0 Å². The second-order valence-corrected chi connectivity index (χ2v) is 4.74. The Bertz CT molecular complexity index is 398. The molecule has 0 aliphatic carbocycles. The average molecular weight is 260 g/mol. The topological polar surface area (TPSA) is 41.1 Å². The zero-order valence-corrected chi connectivity index (χ0v) is 11.9. The van der Waals surface area contributed by atoms with Crippen LogP contribution in [0.5, 0.6) is 0 Å². The summed E-state index contributed by atoms with van der Waals surface area (Å²) in [6, 6.07) is 8.47. The first-order valence-corrected chi connectivity index (χ1v) is 6.88. The van der Waals surface area contributed by atoms with Crippen LogP contribution in [0.4, 0.5) is 5.69 Å². The molecule has 19 heavy (non-hydrogen) atoms. The van der Waals surface area contributed by atoms with Crippen molar-refractivity contribution in [3.8, 4) is 0 Å². The predicted molar refractivity (Wildman–Crippen MR) is 81.3 cm³/mol. The third-order valence-electron chi connectivity index (χ3n) is 2.91. The second-order valence-electron chi connectivity index (χ2n) is 4.74. The number of rotatable bonds is 8. The van der Waals surface area contributed by atoms with Gasteiger partial charge in [-0.3, -0.25) is 4.79 Å². The summed E-state index contributed by atoms with van der Waals surface area (Å²) in [4.78, 5) is 11.5. The molecular weight excluding hydrogens is 236 g/mol. The van der Waals surface area contributed by atoms with Crippen LogP contribution in [0.1, 0.15) is 32.3 Å². The van der Waals surface area contributed by atoms with Gasteiger partial charge in [0.05, 0.1) is 6.42 Å². The molecule has 1 atom stereocenters. The lowest BCUT2D eigenvalue weighted by Gasteiger charge is -2.14. The first-order chi connectivity index (χ1) is 9.15. The van der Waals surface area contributed by atoms with E-state index < -0.39 is 0 Å². The van der Waals surface area contributed by atoms with Crippen molar-refractivity contribution in [2.24, 2.45) is 0 Å². The van der Waals surface area contributed by atoms with Crippen LogP contribution in [0, 0.1) is 0 Å². The minimum absolute atomic E-state index is 0.0718. The van der Waals surface area contributed by atoms with E-state index >= 15 is 0 Å². The zero-order chi connectivity index (χ0) is 14.1. The Labute approximate surface area is 116 Å². The number of allylic oxidation sites excluding steroid dienone is 1. The highest BCUT2D eigenvalue weighted by atomic mass is 16.1. The molecule has 0 aliphatic heterocycles. The van der Waals surface area contributed by atoms with Crippen molar-refractivity contribution < 1.29 is 4.79 Å². The lowest BCUT2D eigenvalue weighted by molar-refractivity contribution is -0.120. The van der Waals surface area contributed by atoms with E-state index in [0.29, 0.717) is 19.0 Å². The summed E-state index contributed by atoms with van der Waals surface area (Å²) >= 11 is 0. The number of likely N-dealkylation sites (N-methyl/N-ethyl adjacent to an activating group) is 1. The quantitative estimate of drug-likeness (QED) is 0.705. The smallest absolute Gasteiger partial charge is 0.224 e. The van der Waals surface area contributed by atoms with E-state index in [1.54, 1.807) is 0 Å². The lowest BCUT2D eigenvalue weighted by atomic mass is 10.1. The van der Waals surface area contributed by atoms with Gasteiger partial charge in [0.15, 0.2) is 0 Å². The number of anilines is 1. The van der Waals surface area contributed by atoms with Crippen LogP contribution in [0.2, 0.25) is 0 Å². The van der Waals surface area contributed by atoms with Crippen molar-refractivity contribution in [2.75, 3.05) is 11.9 Å². The molecule has 104 valence electrons. The molecule has 0 radical (unpaired) electrons. The molecule has 0 saturated carbocycles. The van der Waals surface area contributed by atoms with E-state index in [-0.39, 0.29) is 5.91 Å². The highest BCUT2D eigenvalue weighted by molar-refractivity contribution is 5.78. The Morgan fingerprint density at radius 2 is 2.05 bits per heavy atom. The Kier molecular flexibility index (Phi) is 6.72. The average Bonchev–Trinajstić information content (AvgIpc) is 2.39. The Morgan fingerprint density at radius 3 is 2.63 bits per heavy atom. The Hall–Kier alpha value is -1.77. The van der Waals surface area contributed by atoms with Crippen LogP contribution in [-0.4, -0.2) is 18.5 Å². The molecule has 0 fully saturated rings. The van der Waals surface area contributed by atoms with E-state index in [1.165, 1.54) is 0 Å². The SMILES string of the molecule is C=CCCC(C)Nc1ccc(CC(=O)NCC)cc1. The van der Waals surface area contributed by atoms with Gasteiger partial charge in [-0.2, -0.15) is 0 Å². The van der Waals surface area contributed by atoms with E-state index in [4.69, 9.17) is 0 Å². The molecule has 0 heterocycles. The molecule has 0 aliphatic rings. The largest absolute Gasteiger partial charge is 0.383 e. The van der Waals surface area contributed by atoms with Gasteiger partial charge in [0.2, 0.25) is 5.91 Å². The molecule has 1 amide bonds. The molecule has 1 aromatic carbocycles. The van der Waals surface area contributed by atoms with Crippen LogP contribution >= 0.6 is 0 Å². The van der Waals surface area contributed by atoms with Gasteiger partial charge in [-0.1, -0.05) is 18.2 Å². The standard InChI is InChI=1S/C16H24N2O/c1-4-6-7-13(3)18-15-10-8-14(9-11-15)12-16(19)17-5-2/h4,8-11,13,18H,1,5-7,12H2,2-3H3,(H,17,19). The highest BCUT2D eigenvalue weighted by Crippen LogP contribution is 2.13. The van der Waals surface area contributed by atoms with Crippen molar-refractivity contribution in [1.82, 2.24) is 5.32 Å². The van der Waals surface area contributed by atoms with Crippen LogP contribution in [-0.2, 0) is 11.2 Å². The molecule has 2 N–H and O–H groups in total. The molecule has 3 heteroatoms. The van der Waals surface area contributed by atoms with E-state index in [1.807, 2.05) is 37.3 Å². The number of carbonyl (C=O) groups is 1. The van der Waals surface area contributed by atoms with Gasteiger partial charge in [0.25, 0.3) is 0 Å². The molecule has 1 aromatic rings. The fourth-order valence-corrected chi connectivity index (χ4v) is 1.89. The summed E-state index contributed by atoms with van der Waals surface area (Å²) in [7, 11) is 0. The predicted octanol–water partition coefficient (Wildman–Crippen LogP) is 3.13. The summed E-state index contributed by atoms with van der Waals surface area (Å²) in [6.45, 7) is 8.49. The molecular formula is C16H24N2O. The van der Waals surface area contributed by atoms with Gasteiger partial charge in [-0.25, -0.2) is 0 Å². The van der Waals surface area contributed by atoms with Gasteiger partial charge in [0.1, 0.15) is 0 Å². The minimum atomic E-state index is 0.0718. The van der Waals surface area contributed by atoms with Gasteiger partial charge in [-0.05, 0) is 44.4 Å². The molecule has 0 aromatic heterocycles. The lowest BCUT2D eigenvalue weighted by Crippen LogP contribution is -2.24. The van der Waals surface area contributed by atoms with E-state index in [0.717, 1.165) is 24.1 Å².